The first-order valence-corrected chi connectivity index (χ1v) is 12.0. The zero-order chi connectivity index (χ0) is 25.2. The molecule has 3 aromatic rings. The van der Waals surface area contributed by atoms with Gasteiger partial charge in [0.15, 0.2) is 12.4 Å². The lowest BCUT2D eigenvalue weighted by atomic mass is 9.98. The monoisotopic (exact) mass is 492 g/mol. The highest BCUT2D eigenvalue weighted by Gasteiger charge is 2.49. The number of esters is 1. The number of benzene rings is 3. The van der Waals surface area contributed by atoms with E-state index in [4.69, 9.17) is 23.7 Å². The van der Waals surface area contributed by atoms with Crippen LogP contribution in [0.1, 0.15) is 23.6 Å². The van der Waals surface area contributed by atoms with Crippen LogP contribution in [0.2, 0.25) is 0 Å². The van der Waals surface area contributed by atoms with Crippen LogP contribution >= 0.6 is 0 Å². The summed E-state index contributed by atoms with van der Waals surface area (Å²) in [5.41, 5.74) is 2.93. The first kappa shape index (κ1) is 26.0. The van der Waals surface area contributed by atoms with Crippen LogP contribution in [0.5, 0.6) is 0 Å². The number of rotatable bonds is 11. The Morgan fingerprint density at radius 2 is 1.19 bits per heavy atom. The van der Waals surface area contributed by atoms with E-state index in [1.54, 1.807) is 0 Å². The molecule has 1 heterocycles. The zero-order valence-electron chi connectivity index (χ0n) is 20.3. The number of carbonyl (C=O) groups excluding carboxylic acids is 1. The van der Waals surface area contributed by atoms with E-state index in [9.17, 15) is 9.90 Å². The van der Waals surface area contributed by atoms with E-state index in [-0.39, 0.29) is 19.8 Å². The molecule has 5 atom stereocenters. The molecule has 1 fully saturated rings. The van der Waals surface area contributed by atoms with E-state index in [1.165, 1.54) is 6.92 Å². The van der Waals surface area contributed by atoms with Crippen molar-refractivity contribution >= 4 is 5.97 Å². The lowest BCUT2D eigenvalue weighted by molar-refractivity contribution is -0.309. The van der Waals surface area contributed by atoms with Crippen molar-refractivity contribution < 1.29 is 33.6 Å². The van der Waals surface area contributed by atoms with Gasteiger partial charge in [0.05, 0.1) is 26.4 Å². The van der Waals surface area contributed by atoms with Crippen LogP contribution in [0.25, 0.3) is 0 Å². The smallest absolute Gasteiger partial charge is 0.303 e. The van der Waals surface area contributed by atoms with Crippen LogP contribution in [0.4, 0.5) is 0 Å². The predicted molar refractivity (Wildman–Crippen MR) is 133 cm³/mol. The number of aliphatic hydroxyl groups is 1. The van der Waals surface area contributed by atoms with Crippen molar-refractivity contribution in [3.05, 3.63) is 108 Å². The van der Waals surface area contributed by atoms with E-state index in [2.05, 4.69) is 0 Å². The minimum Gasteiger partial charge on any atom is -0.454 e. The zero-order valence-corrected chi connectivity index (χ0v) is 20.3. The molecule has 1 saturated heterocycles. The average Bonchev–Trinajstić information content (AvgIpc) is 2.90. The van der Waals surface area contributed by atoms with E-state index in [0.29, 0.717) is 6.61 Å². The summed E-state index contributed by atoms with van der Waals surface area (Å²) < 4.78 is 29.8. The predicted octanol–water partition coefficient (Wildman–Crippen LogP) is 4.02. The van der Waals surface area contributed by atoms with E-state index >= 15 is 0 Å². The molecule has 0 aromatic heterocycles. The molecule has 1 aliphatic heterocycles. The Bertz CT molecular complexity index is 1040. The summed E-state index contributed by atoms with van der Waals surface area (Å²) in [7, 11) is 0. The molecule has 190 valence electrons. The molecule has 7 nitrogen and oxygen atoms in total. The Morgan fingerprint density at radius 3 is 1.69 bits per heavy atom. The number of hydrogen-bond acceptors (Lipinski definition) is 7. The van der Waals surface area contributed by atoms with Gasteiger partial charge in [-0.15, -0.1) is 0 Å². The number of aliphatic hydroxyl groups excluding tert-OH is 1. The Kier molecular flexibility index (Phi) is 9.61. The number of ether oxygens (including phenoxy) is 5. The van der Waals surface area contributed by atoms with Gasteiger partial charge in [0.2, 0.25) is 0 Å². The lowest BCUT2D eigenvalue weighted by Gasteiger charge is -2.44. The fourth-order valence-electron chi connectivity index (χ4n) is 4.14. The second kappa shape index (κ2) is 13.3. The maximum absolute atomic E-state index is 11.9. The number of hydrogen-bond donors (Lipinski definition) is 1. The van der Waals surface area contributed by atoms with Crippen molar-refractivity contribution in [1.29, 1.82) is 0 Å². The van der Waals surface area contributed by atoms with Crippen LogP contribution < -0.4 is 0 Å². The van der Waals surface area contributed by atoms with Crippen LogP contribution in [-0.4, -0.2) is 48.4 Å². The second-order valence-electron chi connectivity index (χ2n) is 8.66. The first-order valence-electron chi connectivity index (χ1n) is 12.0. The molecular formula is C29H32O7. The molecule has 0 saturated carbocycles. The van der Waals surface area contributed by atoms with Gasteiger partial charge in [-0.3, -0.25) is 4.79 Å². The summed E-state index contributed by atoms with van der Waals surface area (Å²) in [6, 6.07) is 29.2. The highest BCUT2D eigenvalue weighted by molar-refractivity contribution is 5.66. The quantitative estimate of drug-likeness (QED) is 0.405. The normalized spacial score (nSPS) is 23.8. The third-order valence-electron chi connectivity index (χ3n) is 5.88. The Balaban J connectivity index is 1.53. The van der Waals surface area contributed by atoms with Crippen molar-refractivity contribution in [1.82, 2.24) is 0 Å². The van der Waals surface area contributed by atoms with Crippen molar-refractivity contribution in [2.24, 2.45) is 0 Å². The molecule has 1 N–H and O–H groups in total. The molecule has 1 aliphatic rings. The summed E-state index contributed by atoms with van der Waals surface area (Å²) in [4.78, 5) is 11.9. The van der Waals surface area contributed by atoms with Gasteiger partial charge in [0, 0.05) is 6.92 Å². The third-order valence-corrected chi connectivity index (χ3v) is 5.88. The highest BCUT2D eigenvalue weighted by atomic mass is 16.7. The summed E-state index contributed by atoms with van der Waals surface area (Å²) >= 11 is 0. The van der Waals surface area contributed by atoms with Gasteiger partial charge in [0.1, 0.15) is 18.3 Å². The van der Waals surface area contributed by atoms with Crippen molar-refractivity contribution in [3.8, 4) is 0 Å². The molecule has 0 bridgehead atoms. The molecule has 0 aliphatic carbocycles. The summed E-state index contributed by atoms with van der Waals surface area (Å²) in [6.45, 7) is 2.36. The minimum absolute atomic E-state index is 0.156. The molecule has 7 heteroatoms. The maximum atomic E-state index is 11.9. The van der Waals surface area contributed by atoms with E-state index < -0.39 is 36.7 Å². The molecule has 4 rings (SSSR count). The van der Waals surface area contributed by atoms with Crippen LogP contribution in [0.3, 0.4) is 0 Å². The van der Waals surface area contributed by atoms with Crippen LogP contribution in [0, 0.1) is 0 Å². The third kappa shape index (κ3) is 7.46. The Hall–Kier alpha value is -3.07. The van der Waals surface area contributed by atoms with Gasteiger partial charge in [-0.1, -0.05) is 91.0 Å². The van der Waals surface area contributed by atoms with Crippen molar-refractivity contribution in [3.63, 3.8) is 0 Å². The van der Waals surface area contributed by atoms with Crippen LogP contribution in [-0.2, 0) is 48.3 Å². The largest absolute Gasteiger partial charge is 0.454 e. The van der Waals surface area contributed by atoms with Gasteiger partial charge >= 0.3 is 5.97 Å². The summed E-state index contributed by atoms with van der Waals surface area (Å²) in [5.74, 6) is -0.545. The standard InChI is InChI=1S/C29H32O7/c1-21(30)35-28-27(34-19-24-15-9-4-10-16-24)26(33-18-23-13-7-3-8-14-23)25(36-29(28)31)20-32-17-22-11-5-2-6-12-22/h2-16,25-29,31H,17-20H2,1H3/t25-,26-,27+,28+,29-/m1/s1. The molecule has 0 spiro atoms. The van der Waals surface area contributed by atoms with Crippen molar-refractivity contribution in [2.75, 3.05) is 6.61 Å². The second-order valence-corrected chi connectivity index (χ2v) is 8.66. The molecular weight excluding hydrogens is 460 g/mol. The van der Waals surface area contributed by atoms with Gasteiger partial charge in [0.25, 0.3) is 0 Å². The van der Waals surface area contributed by atoms with Gasteiger partial charge in [-0.25, -0.2) is 0 Å². The average molecular weight is 493 g/mol. The van der Waals surface area contributed by atoms with Gasteiger partial charge in [-0.2, -0.15) is 0 Å². The summed E-state index contributed by atoms with van der Waals surface area (Å²) in [5, 5.41) is 10.8. The Labute approximate surface area is 211 Å². The highest BCUT2D eigenvalue weighted by Crippen LogP contribution is 2.29. The van der Waals surface area contributed by atoms with Crippen LogP contribution in [0.15, 0.2) is 91.0 Å². The fourth-order valence-corrected chi connectivity index (χ4v) is 4.14. The fraction of sp³-hybridized carbons (Fsp3) is 0.345. The van der Waals surface area contributed by atoms with Gasteiger partial charge in [-0.05, 0) is 16.7 Å². The topological polar surface area (TPSA) is 83.5 Å². The molecule has 0 unspecified atom stereocenters. The summed E-state index contributed by atoms with van der Waals surface area (Å²) in [6.07, 6.45) is -4.56. The van der Waals surface area contributed by atoms with E-state index in [0.717, 1.165) is 16.7 Å². The molecule has 3 aromatic carbocycles. The molecule has 0 amide bonds. The molecule has 36 heavy (non-hydrogen) atoms. The Morgan fingerprint density at radius 1 is 0.722 bits per heavy atom. The van der Waals surface area contributed by atoms with Gasteiger partial charge < -0.3 is 28.8 Å². The first-order chi connectivity index (χ1) is 17.6. The lowest BCUT2D eigenvalue weighted by Crippen LogP contribution is -2.61. The number of carbonyl (C=O) groups is 1. The minimum atomic E-state index is -1.39. The van der Waals surface area contributed by atoms with Crippen molar-refractivity contribution in [2.45, 2.75) is 57.5 Å². The molecule has 0 radical (unpaired) electrons. The maximum Gasteiger partial charge on any atom is 0.303 e. The van der Waals surface area contributed by atoms with E-state index in [1.807, 2.05) is 91.0 Å². The SMILES string of the molecule is CC(=O)O[C@H]1[C@@H](OCc2ccccc2)[C@H](OCc2ccccc2)[C@@H](COCc2ccccc2)O[C@H]1O.